The number of nitrogens with zero attached hydrogens (tertiary/aromatic N) is 3. The molecule has 3 rings (SSSR count). The molecule has 0 aliphatic carbocycles. The third kappa shape index (κ3) is 2.73. The lowest BCUT2D eigenvalue weighted by atomic mass is 10.2. The molecule has 3 aromatic rings. The second kappa shape index (κ2) is 6.03. The van der Waals surface area contributed by atoms with Gasteiger partial charge >= 0.3 is 11.9 Å². The van der Waals surface area contributed by atoms with Crippen LogP contribution in [0.3, 0.4) is 0 Å². The summed E-state index contributed by atoms with van der Waals surface area (Å²) in [7, 11) is 0. The molecule has 0 aliphatic heterocycles. The van der Waals surface area contributed by atoms with Crippen LogP contribution in [0.25, 0.3) is 11.4 Å². The molecule has 0 unspecified atom stereocenters. The maximum absolute atomic E-state index is 12.5. The second-order valence-electron chi connectivity index (χ2n) is 4.36. The van der Waals surface area contributed by atoms with Crippen LogP contribution in [0.4, 0.5) is 0 Å². The third-order valence-electron chi connectivity index (χ3n) is 2.87. The Morgan fingerprint density at radius 3 is 2.91 bits per heavy atom. The summed E-state index contributed by atoms with van der Waals surface area (Å²) in [6.45, 7) is 2.21. The van der Waals surface area contributed by atoms with E-state index >= 15 is 0 Å². The fourth-order valence-electron chi connectivity index (χ4n) is 1.94. The van der Waals surface area contributed by atoms with Crippen LogP contribution in [0.5, 0.6) is 6.01 Å². The van der Waals surface area contributed by atoms with E-state index in [0.717, 1.165) is 4.68 Å². The summed E-state index contributed by atoms with van der Waals surface area (Å²) in [5, 5.41) is 4.63. The van der Waals surface area contributed by atoms with Gasteiger partial charge in [0, 0.05) is 10.6 Å². The van der Waals surface area contributed by atoms with Crippen LogP contribution in [0.15, 0.2) is 47.1 Å². The molecule has 2 aromatic heterocycles. The number of furan rings is 1. The topological polar surface area (TPSA) is 70.2 Å². The van der Waals surface area contributed by atoms with Gasteiger partial charge in [0.2, 0.25) is 0 Å². The lowest BCUT2D eigenvalue weighted by molar-refractivity contribution is 0.0917. The zero-order valence-corrected chi connectivity index (χ0v) is 12.4. The van der Waals surface area contributed by atoms with Crippen LogP contribution in [0.1, 0.15) is 17.5 Å². The maximum Gasteiger partial charge on any atom is 0.336 e. The third-order valence-corrected chi connectivity index (χ3v) is 3.10. The monoisotopic (exact) mass is 317 g/mol. The summed E-state index contributed by atoms with van der Waals surface area (Å²) in [6, 6.07) is 10.3. The van der Waals surface area contributed by atoms with E-state index in [2.05, 4.69) is 10.1 Å². The highest BCUT2D eigenvalue weighted by Gasteiger charge is 2.21. The minimum absolute atomic E-state index is 0.123. The van der Waals surface area contributed by atoms with Crippen LogP contribution in [0, 0.1) is 0 Å². The Morgan fingerprint density at radius 1 is 1.36 bits per heavy atom. The van der Waals surface area contributed by atoms with Crippen LogP contribution >= 0.6 is 11.6 Å². The molecule has 1 aromatic carbocycles. The Balaban J connectivity index is 2.10. The standard InChI is InChI=1S/C15H12ClN3O3/c1-2-21-15-17-13(10-5-3-6-11(16)9-10)19(18-15)14(20)12-7-4-8-22-12/h3-9H,2H2,1H3. The smallest absolute Gasteiger partial charge is 0.336 e. The first kappa shape index (κ1) is 14.3. The van der Waals surface area contributed by atoms with Gasteiger partial charge in [-0.2, -0.15) is 9.67 Å². The number of carbonyl (C=O) groups is 1. The zero-order valence-electron chi connectivity index (χ0n) is 11.7. The number of benzene rings is 1. The van der Waals surface area contributed by atoms with Gasteiger partial charge in [0.05, 0.1) is 12.9 Å². The van der Waals surface area contributed by atoms with E-state index in [4.69, 9.17) is 20.8 Å². The van der Waals surface area contributed by atoms with E-state index in [1.165, 1.54) is 6.26 Å². The quantitative estimate of drug-likeness (QED) is 0.738. The van der Waals surface area contributed by atoms with Crippen molar-refractivity contribution in [3.63, 3.8) is 0 Å². The van der Waals surface area contributed by atoms with E-state index in [1.54, 1.807) is 36.4 Å². The Morgan fingerprint density at radius 2 is 2.23 bits per heavy atom. The minimum Gasteiger partial charge on any atom is -0.463 e. The van der Waals surface area contributed by atoms with Crippen molar-refractivity contribution < 1.29 is 13.9 Å². The number of carbonyl (C=O) groups excluding carboxylic acids is 1. The summed E-state index contributed by atoms with van der Waals surface area (Å²) in [4.78, 5) is 16.7. The lowest BCUT2D eigenvalue weighted by Gasteiger charge is -2.02. The Labute approximate surface area is 131 Å². The molecule has 0 atom stereocenters. The highest BCUT2D eigenvalue weighted by molar-refractivity contribution is 6.30. The van der Waals surface area contributed by atoms with E-state index in [-0.39, 0.29) is 11.8 Å². The molecule has 2 heterocycles. The molecule has 0 aliphatic rings. The lowest BCUT2D eigenvalue weighted by Crippen LogP contribution is -2.14. The van der Waals surface area contributed by atoms with Crippen LogP contribution in [-0.2, 0) is 0 Å². The predicted octanol–water partition coefficient (Wildman–Crippen LogP) is 3.28. The van der Waals surface area contributed by atoms with E-state index in [1.807, 2.05) is 6.92 Å². The molecule has 0 saturated heterocycles. The zero-order chi connectivity index (χ0) is 15.5. The summed E-state index contributed by atoms with van der Waals surface area (Å²) < 4.78 is 11.6. The maximum atomic E-state index is 12.5. The first-order valence-corrected chi connectivity index (χ1v) is 7.01. The van der Waals surface area contributed by atoms with Gasteiger partial charge in [0.1, 0.15) is 0 Å². The Bertz CT molecular complexity index is 796. The van der Waals surface area contributed by atoms with E-state index in [0.29, 0.717) is 23.0 Å². The molecule has 6 nitrogen and oxygen atoms in total. The number of hydrogen-bond acceptors (Lipinski definition) is 5. The number of rotatable bonds is 4. The number of ether oxygens (including phenoxy) is 1. The van der Waals surface area contributed by atoms with Crippen LogP contribution < -0.4 is 4.74 Å². The SMILES string of the molecule is CCOc1nc(-c2cccc(Cl)c2)n(C(=O)c2ccco2)n1. The molecular weight excluding hydrogens is 306 g/mol. The highest BCUT2D eigenvalue weighted by Crippen LogP contribution is 2.24. The number of halogens is 1. The van der Waals surface area contributed by atoms with Gasteiger partial charge in [-0.3, -0.25) is 4.79 Å². The van der Waals surface area contributed by atoms with Crippen molar-refractivity contribution >= 4 is 17.5 Å². The molecule has 112 valence electrons. The van der Waals surface area contributed by atoms with Crippen molar-refractivity contribution in [2.45, 2.75) is 6.92 Å². The first-order chi connectivity index (χ1) is 10.7. The van der Waals surface area contributed by atoms with Gasteiger partial charge < -0.3 is 9.15 Å². The van der Waals surface area contributed by atoms with Gasteiger partial charge in [-0.25, -0.2) is 0 Å². The highest BCUT2D eigenvalue weighted by atomic mass is 35.5. The van der Waals surface area contributed by atoms with Crippen LogP contribution in [-0.4, -0.2) is 27.3 Å². The minimum atomic E-state index is -0.432. The van der Waals surface area contributed by atoms with Gasteiger partial charge in [0.15, 0.2) is 11.6 Å². The Hall–Kier alpha value is -2.60. The summed E-state index contributed by atoms with van der Waals surface area (Å²) >= 11 is 6.00. The van der Waals surface area contributed by atoms with Crippen molar-refractivity contribution in [3.8, 4) is 17.4 Å². The van der Waals surface area contributed by atoms with Crippen molar-refractivity contribution in [3.05, 3.63) is 53.4 Å². The predicted molar refractivity (Wildman–Crippen MR) is 80.1 cm³/mol. The van der Waals surface area contributed by atoms with E-state index < -0.39 is 5.91 Å². The van der Waals surface area contributed by atoms with Gasteiger partial charge in [-0.05, 0) is 31.2 Å². The molecule has 0 N–H and O–H groups in total. The molecule has 0 radical (unpaired) electrons. The normalized spacial score (nSPS) is 10.6. The van der Waals surface area contributed by atoms with Crippen molar-refractivity contribution in [2.24, 2.45) is 0 Å². The average Bonchev–Trinajstić information content (AvgIpc) is 3.16. The van der Waals surface area contributed by atoms with Crippen LogP contribution in [0.2, 0.25) is 5.02 Å². The Kier molecular flexibility index (Phi) is 3.93. The van der Waals surface area contributed by atoms with Crippen molar-refractivity contribution in [2.75, 3.05) is 6.61 Å². The molecular formula is C15H12ClN3O3. The summed E-state index contributed by atoms with van der Waals surface area (Å²) in [5.41, 5.74) is 0.658. The molecule has 0 saturated carbocycles. The van der Waals surface area contributed by atoms with Crippen molar-refractivity contribution in [1.29, 1.82) is 0 Å². The molecule has 7 heteroatoms. The van der Waals surface area contributed by atoms with Crippen molar-refractivity contribution in [1.82, 2.24) is 14.8 Å². The molecule has 0 spiro atoms. The molecule has 22 heavy (non-hydrogen) atoms. The summed E-state index contributed by atoms with van der Waals surface area (Å²) in [5.74, 6) is 0.0713. The fourth-order valence-corrected chi connectivity index (χ4v) is 2.13. The largest absolute Gasteiger partial charge is 0.463 e. The van der Waals surface area contributed by atoms with Gasteiger partial charge in [-0.15, -0.1) is 5.10 Å². The average molecular weight is 318 g/mol. The first-order valence-electron chi connectivity index (χ1n) is 6.63. The van der Waals surface area contributed by atoms with Gasteiger partial charge in [0.25, 0.3) is 0 Å². The van der Waals surface area contributed by atoms with E-state index in [9.17, 15) is 4.79 Å². The second-order valence-corrected chi connectivity index (χ2v) is 4.79. The van der Waals surface area contributed by atoms with Gasteiger partial charge in [-0.1, -0.05) is 23.7 Å². The summed E-state index contributed by atoms with van der Waals surface area (Å²) in [6.07, 6.45) is 1.42. The molecule has 0 fully saturated rings. The number of hydrogen-bond donors (Lipinski definition) is 0. The molecule has 0 bridgehead atoms. The number of aromatic nitrogens is 3. The fraction of sp³-hybridized carbons (Fsp3) is 0.133. The molecule has 0 amide bonds.